The number of likely N-dealkylation sites (N-methyl/N-ethyl adjacent to an activating group) is 1. The van der Waals surface area contributed by atoms with Crippen LogP contribution in [0.15, 0.2) is 63.9 Å². The van der Waals surface area contributed by atoms with E-state index in [4.69, 9.17) is 0 Å². The van der Waals surface area contributed by atoms with Crippen LogP contribution in [0.2, 0.25) is 0 Å². The molecule has 2 heterocycles. The zero-order valence-electron chi connectivity index (χ0n) is 18.1. The number of alkyl halides is 6. The van der Waals surface area contributed by atoms with Gasteiger partial charge in [-0.05, 0) is 50.0 Å². The van der Waals surface area contributed by atoms with Crippen LogP contribution >= 0.6 is 0 Å². The fraction of sp³-hybridized carbons (Fsp3) is 0.391. The Balaban J connectivity index is 1.71. The summed E-state index contributed by atoms with van der Waals surface area (Å²) in [6.07, 6.45) is -7.16. The number of rotatable bonds is 2. The number of hydrazone groups is 1. The maximum absolute atomic E-state index is 13.1. The molecule has 0 bridgehead atoms. The molecule has 0 saturated heterocycles. The Morgan fingerprint density at radius 3 is 2.09 bits per heavy atom. The molecule has 2 unspecified atom stereocenters. The van der Waals surface area contributed by atoms with Crippen LogP contribution in [0.4, 0.5) is 26.3 Å². The molecule has 2 atom stereocenters. The van der Waals surface area contributed by atoms with Gasteiger partial charge in [-0.1, -0.05) is 24.3 Å². The Hall–Kier alpha value is -3.04. The Labute approximate surface area is 186 Å². The smallest absolute Gasteiger partial charge is 0.351 e. The average molecular weight is 469 g/mol. The van der Waals surface area contributed by atoms with Crippen molar-refractivity contribution in [1.82, 2.24) is 9.91 Å². The Kier molecular flexibility index (Phi) is 5.45. The molecule has 1 amide bonds. The minimum atomic E-state index is -4.47. The van der Waals surface area contributed by atoms with Gasteiger partial charge in [-0.2, -0.15) is 31.4 Å². The van der Waals surface area contributed by atoms with Gasteiger partial charge in [0.05, 0.1) is 11.5 Å². The van der Waals surface area contributed by atoms with Crippen molar-refractivity contribution in [2.24, 2.45) is 5.10 Å². The molecule has 1 aromatic carbocycles. The van der Waals surface area contributed by atoms with Gasteiger partial charge in [0, 0.05) is 29.6 Å². The van der Waals surface area contributed by atoms with E-state index in [2.05, 4.69) is 5.10 Å². The molecule has 1 aromatic rings. The molecule has 0 aromatic heterocycles. The highest BCUT2D eigenvalue weighted by atomic mass is 19.4. The van der Waals surface area contributed by atoms with Gasteiger partial charge in [0.1, 0.15) is 6.17 Å². The van der Waals surface area contributed by atoms with E-state index in [-0.39, 0.29) is 18.7 Å². The first-order valence-electron chi connectivity index (χ1n) is 10.3. The Morgan fingerprint density at radius 2 is 1.58 bits per heavy atom. The van der Waals surface area contributed by atoms with E-state index < -0.39 is 35.6 Å². The molecule has 4 rings (SSSR count). The third-order valence-electron chi connectivity index (χ3n) is 6.31. The molecular weight excluding hydrogens is 448 g/mol. The Bertz CT molecular complexity index is 1110. The summed E-state index contributed by atoms with van der Waals surface area (Å²) in [5, 5.41) is 5.67. The van der Waals surface area contributed by atoms with E-state index in [1.165, 1.54) is 23.2 Å². The number of fused-ring (bicyclic) bond motifs is 1. The summed E-state index contributed by atoms with van der Waals surface area (Å²) in [6.45, 7) is 3.31. The second-order valence-corrected chi connectivity index (χ2v) is 8.37. The van der Waals surface area contributed by atoms with Crippen molar-refractivity contribution in [2.45, 2.75) is 51.1 Å². The van der Waals surface area contributed by atoms with Crippen molar-refractivity contribution in [2.75, 3.05) is 7.05 Å². The van der Waals surface area contributed by atoms with Crippen LogP contribution in [-0.2, 0) is 11.0 Å². The lowest BCUT2D eigenvalue weighted by molar-refractivity contribution is -0.137. The maximum atomic E-state index is 13.1. The van der Waals surface area contributed by atoms with Crippen LogP contribution < -0.4 is 0 Å². The van der Waals surface area contributed by atoms with Gasteiger partial charge >= 0.3 is 12.4 Å². The van der Waals surface area contributed by atoms with Gasteiger partial charge in [-0.3, -0.25) is 4.79 Å². The number of halogens is 6. The van der Waals surface area contributed by atoms with Crippen LogP contribution in [0.3, 0.4) is 0 Å². The molecule has 10 heteroatoms. The van der Waals surface area contributed by atoms with E-state index in [0.717, 1.165) is 18.2 Å². The highest BCUT2D eigenvalue weighted by Crippen LogP contribution is 2.43. The standard InChI is InChI=1S/C23H21F6N3O/c1-12-19(15-6-10-17(11-7-15)23(27,28)29)31(3)20-18(13(2)30-32(20)21(12)33)14-4-8-16(9-5-14)22(24,25)26/h4-6,8-10,18,20H,7,11H2,1-3H3. The molecule has 0 N–H and O–H groups in total. The SMILES string of the molecule is CC1=NN2C(=O)C(C)=C(C3=CC=C(C(F)(F)F)CC3)N(C)C2C1c1ccc(C(F)(F)F)cc1. The highest BCUT2D eigenvalue weighted by molar-refractivity contribution is 6.00. The Morgan fingerprint density at radius 1 is 0.939 bits per heavy atom. The zero-order valence-corrected chi connectivity index (χ0v) is 18.1. The summed E-state index contributed by atoms with van der Waals surface area (Å²) in [7, 11) is 1.72. The molecule has 1 aliphatic carbocycles. The van der Waals surface area contributed by atoms with Crippen molar-refractivity contribution in [3.8, 4) is 0 Å². The molecule has 2 aliphatic heterocycles. The summed E-state index contributed by atoms with van der Waals surface area (Å²) in [5.41, 5.74) is 1.21. The van der Waals surface area contributed by atoms with Crippen molar-refractivity contribution in [1.29, 1.82) is 0 Å². The van der Waals surface area contributed by atoms with Crippen molar-refractivity contribution in [3.05, 3.63) is 70.0 Å². The van der Waals surface area contributed by atoms with Gasteiger partial charge in [0.2, 0.25) is 0 Å². The lowest BCUT2D eigenvalue weighted by Crippen LogP contribution is -2.52. The van der Waals surface area contributed by atoms with Gasteiger partial charge in [0.25, 0.3) is 5.91 Å². The summed E-state index contributed by atoms with van der Waals surface area (Å²) in [4.78, 5) is 14.9. The number of carbonyl (C=O) groups excluding carboxylic acids is 1. The minimum Gasteiger partial charge on any atom is -0.351 e. The molecule has 0 saturated carbocycles. The maximum Gasteiger partial charge on any atom is 0.416 e. The molecule has 0 radical (unpaired) electrons. The van der Waals surface area contributed by atoms with E-state index in [1.807, 2.05) is 0 Å². The molecule has 176 valence electrons. The summed E-state index contributed by atoms with van der Waals surface area (Å²) in [5.74, 6) is -0.872. The molecule has 4 nitrogen and oxygen atoms in total. The summed E-state index contributed by atoms with van der Waals surface area (Å²) in [6, 6.07) is 4.73. The molecule has 3 aliphatic rings. The van der Waals surface area contributed by atoms with Crippen LogP contribution in [0, 0.1) is 0 Å². The van der Waals surface area contributed by atoms with E-state index in [0.29, 0.717) is 28.1 Å². The van der Waals surface area contributed by atoms with E-state index in [9.17, 15) is 31.1 Å². The number of carbonyl (C=O) groups is 1. The molecule has 0 fully saturated rings. The number of nitrogens with zero attached hydrogens (tertiary/aromatic N) is 3. The van der Waals surface area contributed by atoms with Gasteiger partial charge in [-0.25, -0.2) is 5.01 Å². The minimum absolute atomic E-state index is 0.118. The van der Waals surface area contributed by atoms with Crippen molar-refractivity contribution < 1.29 is 31.1 Å². The van der Waals surface area contributed by atoms with Crippen LogP contribution in [-0.4, -0.2) is 40.9 Å². The first kappa shape index (κ1) is 23.1. The van der Waals surface area contributed by atoms with Crippen LogP contribution in [0.5, 0.6) is 0 Å². The predicted molar refractivity (Wildman–Crippen MR) is 110 cm³/mol. The lowest BCUT2D eigenvalue weighted by atomic mass is 9.87. The van der Waals surface area contributed by atoms with Crippen LogP contribution in [0.25, 0.3) is 0 Å². The van der Waals surface area contributed by atoms with E-state index in [1.54, 1.807) is 25.8 Å². The topological polar surface area (TPSA) is 35.9 Å². The van der Waals surface area contributed by atoms with Crippen LogP contribution in [0.1, 0.15) is 43.7 Å². The fourth-order valence-corrected chi connectivity index (χ4v) is 4.70. The van der Waals surface area contributed by atoms with Gasteiger partial charge in [0.15, 0.2) is 0 Å². The number of allylic oxidation sites excluding steroid dienone is 4. The second kappa shape index (κ2) is 7.78. The first-order chi connectivity index (χ1) is 15.3. The quantitative estimate of drug-likeness (QED) is 0.517. The molecule has 0 spiro atoms. The van der Waals surface area contributed by atoms with Gasteiger partial charge < -0.3 is 4.90 Å². The molecular formula is C23H21F6N3O. The number of amides is 1. The number of hydrogen-bond donors (Lipinski definition) is 0. The zero-order chi connectivity index (χ0) is 24.3. The van der Waals surface area contributed by atoms with Crippen molar-refractivity contribution in [3.63, 3.8) is 0 Å². The molecule has 33 heavy (non-hydrogen) atoms. The van der Waals surface area contributed by atoms with Crippen molar-refractivity contribution >= 4 is 11.6 Å². The normalized spacial score (nSPS) is 24.0. The third kappa shape index (κ3) is 3.95. The number of hydrogen-bond acceptors (Lipinski definition) is 3. The summed E-state index contributed by atoms with van der Waals surface area (Å²) < 4.78 is 78.0. The largest absolute Gasteiger partial charge is 0.416 e. The fourth-order valence-electron chi connectivity index (χ4n) is 4.70. The highest BCUT2D eigenvalue weighted by Gasteiger charge is 2.47. The summed E-state index contributed by atoms with van der Waals surface area (Å²) >= 11 is 0. The first-order valence-corrected chi connectivity index (χ1v) is 10.3. The predicted octanol–water partition coefficient (Wildman–Crippen LogP) is 5.76. The van der Waals surface area contributed by atoms with Gasteiger partial charge in [-0.15, -0.1) is 0 Å². The second-order valence-electron chi connectivity index (χ2n) is 8.37. The third-order valence-corrected chi connectivity index (χ3v) is 6.31. The van der Waals surface area contributed by atoms with E-state index >= 15 is 0 Å². The number of benzene rings is 1. The lowest BCUT2D eigenvalue weighted by Gasteiger charge is -2.42. The monoisotopic (exact) mass is 469 g/mol. The average Bonchev–Trinajstić information content (AvgIpc) is 3.09.